The molecule has 3 atom stereocenters. The van der Waals surface area contributed by atoms with Crippen molar-refractivity contribution in [1.82, 2.24) is 10.6 Å². The molecule has 3 rings (SSSR count). The van der Waals surface area contributed by atoms with Crippen LogP contribution in [0.25, 0.3) is 0 Å². The molecule has 1 aliphatic carbocycles. The lowest BCUT2D eigenvalue weighted by atomic mass is 9.94. The van der Waals surface area contributed by atoms with E-state index in [0.29, 0.717) is 18.0 Å². The molecule has 5 heteroatoms. The second-order valence-electron chi connectivity index (χ2n) is 7.56. The van der Waals surface area contributed by atoms with Gasteiger partial charge in [-0.1, -0.05) is 32.4 Å². The molecular formula is C20H31N3O2. The molecule has 1 aromatic rings. The lowest BCUT2D eigenvalue weighted by Crippen LogP contribution is -2.50. The van der Waals surface area contributed by atoms with Crippen LogP contribution in [-0.2, 0) is 16.1 Å². The average Bonchev–Trinajstić information content (AvgIpc) is 3.10. The maximum atomic E-state index is 11.7. The van der Waals surface area contributed by atoms with Crippen LogP contribution in [0.1, 0.15) is 38.7 Å². The third-order valence-corrected chi connectivity index (χ3v) is 5.35. The second kappa shape index (κ2) is 8.79. The summed E-state index contributed by atoms with van der Waals surface area (Å²) in [6, 6.07) is 9.20. The first-order valence-electron chi connectivity index (χ1n) is 9.58. The Morgan fingerprint density at radius 1 is 1.28 bits per heavy atom. The molecule has 5 nitrogen and oxygen atoms in total. The first kappa shape index (κ1) is 18.4. The lowest BCUT2D eigenvalue weighted by molar-refractivity contribution is -0.118. The highest BCUT2D eigenvalue weighted by Crippen LogP contribution is 2.29. The molecule has 1 saturated carbocycles. The van der Waals surface area contributed by atoms with Gasteiger partial charge in [-0.25, -0.2) is 0 Å². The van der Waals surface area contributed by atoms with Gasteiger partial charge in [0.2, 0.25) is 5.91 Å². The summed E-state index contributed by atoms with van der Waals surface area (Å²) in [5, 5.41) is 10.3. The van der Waals surface area contributed by atoms with Gasteiger partial charge in [0.15, 0.2) is 0 Å². The van der Waals surface area contributed by atoms with Crippen LogP contribution < -0.4 is 16.0 Å². The van der Waals surface area contributed by atoms with Gasteiger partial charge in [0, 0.05) is 36.8 Å². The Balaban J connectivity index is 1.50. The zero-order valence-corrected chi connectivity index (χ0v) is 15.4. The lowest BCUT2D eigenvalue weighted by Gasteiger charge is -2.33. The first-order chi connectivity index (χ1) is 12.1. The fourth-order valence-corrected chi connectivity index (χ4v) is 3.83. The molecule has 1 aliphatic heterocycles. The third-order valence-electron chi connectivity index (χ3n) is 5.35. The molecule has 0 spiro atoms. The fraction of sp³-hybridized carbons (Fsp3) is 0.650. The number of amides is 1. The predicted molar refractivity (Wildman–Crippen MR) is 100 cm³/mol. The molecule has 138 valence electrons. The predicted octanol–water partition coefficient (Wildman–Crippen LogP) is 2.53. The van der Waals surface area contributed by atoms with Crippen LogP contribution in [0.15, 0.2) is 24.3 Å². The van der Waals surface area contributed by atoms with Gasteiger partial charge in [-0.2, -0.15) is 0 Å². The summed E-state index contributed by atoms with van der Waals surface area (Å²) >= 11 is 0. The Bertz CT molecular complexity index is 553. The molecule has 1 saturated heterocycles. The van der Waals surface area contributed by atoms with Crippen molar-refractivity contribution in [2.45, 2.75) is 51.7 Å². The van der Waals surface area contributed by atoms with Gasteiger partial charge in [0.25, 0.3) is 0 Å². The maximum Gasteiger partial charge on any atom is 0.226 e. The molecule has 3 unspecified atom stereocenters. The van der Waals surface area contributed by atoms with Gasteiger partial charge in [-0.15, -0.1) is 0 Å². The van der Waals surface area contributed by atoms with Gasteiger partial charge in [0.1, 0.15) is 0 Å². The molecule has 0 radical (unpaired) electrons. The molecule has 2 fully saturated rings. The number of anilines is 1. The third kappa shape index (κ3) is 5.03. The number of nitrogens with one attached hydrogen (secondary N) is 3. The number of carbonyl (C=O) groups is 1. The number of carbonyl (C=O) groups excluding carboxylic acids is 1. The number of benzene rings is 1. The molecule has 1 heterocycles. The highest BCUT2D eigenvalue weighted by Gasteiger charge is 2.34. The van der Waals surface area contributed by atoms with Gasteiger partial charge in [-0.05, 0) is 36.5 Å². The van der Waals surface area contributed by atoms with Crippen molar-refractivity contribution in [3.05, 3.63) is 29.8 Å². The average molecular weight is 345 g/mol. The summed E-state index contributed by atoms with van der Waals surface area (Å²) in [6.07, 6.45) is 3.81. The van der Waals surface area contributed by atoms with Crippen LogP contribution in [0, 0.1) is 11.8 Å². The van der Waals surface area contributed by atoms with E-state index in [9.17, 15) is 4.79 Å². The highest BCUT2D eigenvalue weighted by molar-refractivity contribution is 5.91. The van der Waals surface area contributed by atoms with Crippen molar-refractivity contribution in [2.24, 2.45) is 11.8 Å². The molecular weight excluding hydrogens is 314 g/mol. The molecule has 3 N–H and O–H groups in total. The summed E-state index contributed by atoms with van der Waals surface area (Å²) in [4.78, 5) is 11.7. The monoisotopic (exact) mass is 345 g/mol. The molecule has 0 aromatic heterocycles. The van der Waals surface area contributed by atoms with Crippen LogP contribution in [0.2, 0.25) is 0 Å². The van der Waals surface area contributed by atoms with Gasteiger partial charge < -0.3 is 20.7 Å². The van der Waals surface area contributed by atoms with Gasteiger partial charge in [0.05, 0.1) is 13.2 Å². The summed E-state index contributed by atoms with van der Waals surface area (Å²) < 4.78 is 5.64. The van der Waals surface area contributed by atoms with Crippen LogP contribution in [0.3, 0.4) is 0 Å². The van der Waals surface area contributed by atoms with Crippen molar-refractivity contribution in [3.63, 3.8) is 0 Å². The van der Waals surface area contributed by atoms with E-state index in [2.05, 4.69) is 28.1 Å². The fourth-order valence-electron chi connectivity index (χ4n) is 3.83. The zero-order valence-electron chi connectivity index (χ0n) is 15.4. The topological polar surface area (TPSA) is 62.4 Å². The Labute approximate surface area is 150 Å². The molecule has 0 bridgehead atoms. The van der Waals surface area contributed by atoms with E-state index in [1.54, 1.807) is 0 Å². The van der Waals surface area contributed by atoms with E-state index in [0.717, 1.165) is 32.0 Å². The Morgan fingerprint density at radius 2 is 2.08 bits per heavy atom. The van der Waals surface area contributed by atoms with Crippen LogP contribution in [0.4, 0.5) is 5.69 Å². The second-order valence-corrected chi connectivity index (χ2v) is 7.56. The molecule has 1 amide bonds. The van der Waals surface area contributed by atoms with Crippen LogP contribution in [0.5, 0.6) is 0 Å². The number of morpholine rings is 1. The van der Waals surface area contributed by atoms with E-state index in [-0.39, 0.29) is 11.8 Å². The van der Waals surface area contributed by atoms with E-state index in [1.807, 2.05) is 26.0 Å². The van der Waals surface area contributed by atoms with Crippen molar-refractivity contribution in [3.8, 4) is 0 Å². The number of hydrogen-bond acceptors (Lipinski definition) is 4. The highest BCUT2D eigenvalue weighted by atomic mass is 16.5. The number of hydrogen-bond donors (Lipinski definition) is 3. The SMILES string of the molecule is CC(C)C(=O)Nc1ccc(CNC2CCCC2C2COCCN2)cc1. The van der Waals surface area contributed by atoms with E-state index < -0.39 is 0 Å². The van der Waals surface area contributed by atoms with E-state index in [4.69, 9.17) is 4.74 Å². The largest absolute Gasteiger partial charge is 0.379 e. The Kier molecular flexibility index (Phi) is 6.45. The minimum Gasteiger partial charge on any atom is -0.379 e. The van der Waals surface area contributed by atoms with E-state index in [1.165, 1.54) is 24.8 Å². The van der Waals surface area contributed by atoms with Crippen LogP contribution in [-0.4, -0.2) is 37.7 Å². The van der Waals surface area contributed by atoms with Crippen molar-refractivity contribution < 1.29 is 9.53 Å². The standard InChI is InChI=1S/C20H31N3O2/c1-14(2)20(24)23-16-8-6-15(7-9-16)12-22-18-5-3-4-17(18)19-13-25-11-10-21-19/h6-9,14,17-19,21-22H,3-5,10-13H2,1-2H3,(H,23,24). The summed E-state index contributed by atoms with van der Waals surface area (Å²) in [6.45, 7) is 7.31. The van der Waals surface area contributed by atoms with Crippen molar-refractivity contribution >= 4 is 11.6 Å². The minimum atomic E-state index is -0.00183. The molecule has 25 heavy (non-hydrogen) atoms. The Hall–Kier alpha value is -1.43. The normalized spacial score (nSPS) is 26.8. The quantitative estimate of drug-likeness (QED) is 0.741. The van der Waals surface area contributed by atoms with Crippen LogP contribution >= 0.6 is 0 Å². The summed E-state index contributed by atoms with van der Waals surface area (Å²) in [7, 11) is 0. The maximum absolute atomic E-state index is 11.7. The summed E-state index contributed by atoms with van der Waals surface area (Å²) in [5.41, 5.74) is 2.12. The van der Waals surface area contributed by atoms with Crippen molar-refractivity contribution in [2.75, 3.05) is 25.1 Å². The van der Waals surface area contributed by atoms with Gasteiger partial charge in [-0.3, -0.25) is 4.79 Å². The van der Waals surface area contributed by atoms with Gasteiger partial charge >= 0.3 is 0 Å². The Morgan fingerprint density at radius 3 is 2.76 bits per heavy atom. The number of ether oxygens (including phenoxy) is 1. The molecule has 2 aliphatic rings. The molecule has 1 aromatic carbocycles. The zero-order chi connectivity index (χ0) is 17.6. The number of rotatable bonds is 6. The van der Waals surface area contributed by atoms with Crippen molar-refractivity contribution in [1.29, 1.82) is 0 Å². The summed E-state index contributed by atoms with van der Waals surface area (Å²) in [5.74, 6) is 0.713. The van der Waals surface area contributed by atoms with E-state index >= 15 is 0 Å². The minimum absolute atomic E-state index is 0.00183. The smallest absolute Gasteiger partial charge is 0.226 e. The first-order valence-corrected chi connectivity index (χ1v) is 9.58.